The van der Waals surface area contributed by atoms with Gasteiger partial charge in [0.25, 0.3) is 5.60 Å². The number of halogens is 9. The van der Waals surface area contributed by atoms with E-state index in [4.69, 9.17) is 28.0 Å². The first kappa shape index (κ1) is 29.8. The van der Waals surface area contributed by atoms with Gasteiger partial charge in [0, 0.05) is 30.4 Å². The van der Waals surface area contributed by atoms with Crippen LogP contribution in [0.25, 0.3) is 0 Å². The average Bonchev–Trinajstić information content (AvgIpc) is 3.40. The van der Waals surface area contributed by atoms with Crippen molar-refractivity contribution in [1.82, 2.24) is 4.90 Å². The lowest BCUT2D eigenvalue weighted by Crippen LogP contribution is -2.42. The fraction of sp³-hybridized carbons (Fsp3) is 0.360. The lowest BCUT2D eigenvalue weighted by molar-refractivity contribution is -0.275. The summed E-state index contributed by atoms with van der Waals surface area (Å²) in [6, 6.07) is 5.39. The first-order chi connectivity index (χ1) is 18.4. The van der Waals surface area contributed by atoms with Crippen molar-refractivity contribution in [1.29, 1.82) is 0 Å². The van der Waals surface area contributed by atoms with Crippen LogP contribution in [0.15, 0.2) is 35.5 Å². The molecule has 40 heavy (non-hydrogen) atoms. The van der Waals surface area contributed by atoms with Crippen LogP contribution in [0.4, 0.5) is 30.7 Å². The van der Waals surface area contributed by atoms with Gasteiger partial charge in [0.15, 0.2) is 11.6 Å². The summed E-state index contributed by atoms with van der Waals surface area (Å²) in [4.78, 5) is 42.0. The molecule has 0 aromatic heterocycles. The lowest BCUT2D eigenvalue weighted by atomic mass is 9.85. The number of Topliss-reactive ketones (excluding diaryl/α,β-unsaturated/α-hetero) is 1. The topological polar surface area (TPSA) is 76.0 Å². The number of ketones is 1. The Morgan fingerprint density at radius 1 is 1.10 bits per heavy atom. The first-order valence-electron chi connectivity index (χ1n) is 11.5. The van der Waals surface area contributed by atoms with Crippen LogP contribution in [0.2, 0.25) is 10.0 Å². The molecule has 1 fully saturated rings. The van der Waals surface area contributed by atoms with Crippen LogP contribution in [-0.2, 0) is 20.0 Å². The molecule has 0 radical (unpaired) electrons. The molecule has 2 aromatic rings. The molecule has 2 heterocycles. The van der Waals surface area contributed by atoms with Gasteiger partial charge in [-0.1, -0.05) is 40.5 Å². The third kappa shape index (κ3) is 5.53. The van der Waals surface area contributed by atoms with Crippen LogP contribution in [-0.4, -0.2) is 47.1 Å². The summed E-state index contributed by atoms with van der Waals surface area (Å²) < 4.78 is 94.5. The van der Waals surface area contributed by atoms with Crippen LogP contribution < -0.4 is 0 Å². The molecule has 0 N–H and O–H groups in total. The molecule has 0 saturated carbocycles. The van der Waals surface area contributed by atoms with Crippen LogP contribution in [0, 0.1) is 18.7 Å². The molecular formula is C25H17Cl2F7N2O4. The minimum absolute atomic E-state index is 0.0527. The Labute approximate surface area is 231 Å². The molecule has 1 unspecified atom stereocenters. The highest BCUT2D eigenvalue weighted by atomic mass is 35.5. The number of carbonyl (C=O) groups is 3. The van der Waals surface area contributed by atoms with E-state index in [2.05, 4.69) is 5.16 Å². The summed E-state index contributed by atoms with van der Waals surface area (Å²) in [5.74, 6) is -5.16. The molecule has 2 aliphatic rings. The summed E-state index contributed by atoms with van der Waals surface area (Å²) in [6.45, 7) is -0.287. The Morgan fingerprint density at radius 3 is 2.27 bits per heavy atom. The maximum Gasteiger partial charge on any atom is 0.435 e. The Kier molecular flexibility index (Phi) is 7.69. The van der Waals surface area contributed by atoms with E-state index in [1.807, 2.05) is 0 Å². The number of hydrogen-bond acceptors (Lipinski definition) is 5. The zero-order valence-electron chi connectivity index (χ0n) is 20.2. The standard InChI is InChI=1S/C25H17Cl2F7N2O4/c1-11-4-12(2-3-15(11)19(37)5-13-6-20(38)36(22(13)39)10-24(29,30)31)18-9-23(40-35-18,25(32,33)34)14-7-16(26)21(28)17(27)8-14/h2-4,7-8,13H,5-6,9-10H2,1H3/t13-,23?/m1/s1. The minimum atomic E-state index is -5.03. The summed E-state index contributed by atoms with van der Waals surface area (Å²) >= 11 is 11.4. The molecule has 1 saturated heterocycles. The minimum Gasteiger partial charge on any atom is -0.374 e. The molecule has 15 heteroatoms. The monoisotopic (exact) mass is 612 g/mol. The van der Waals surface area contributed by atoms with Gasteiger partial charge in [-0.15, -0.1) is 0 Å². The van der Waals surface area contributed by atoms with Crippen molar-refractivity contribution >= 4 is 46.5 Å². The predicted octanol–water partition coefficient (Wildman–Crippen LogP) is 6.53. The van der Waals surface area contributed by atoms with Gasteiger partial charge in [-0.2, -0.15) is 26.3 Å². The molecule has 6 nitrogen and oxygen atoms in total. The molecule has 0 spiro atoms. The third-order valence-corrected chi connectivity index (χ3v) is 7.15. The van der Waals surface area contributed by atoms with Gasteiger partial charge in [-0.05, 0) is 36.2 Å². The van der Waals surface area contributed by atoms with E-state index in [0.717, 1.165) is 12.1 Å². The van der Waals surface area contributed by atoms with E-state index in [1.165, 1.54) is 25.1 Å². The van der Waals surface area contributed by atoms with Gasteiger partial charge in [0.05, 0.1) is 21.7 Å². The van der Waals surface area contributed by atoms with Crippen molar-refractivity contribution in [3.8, 4) is 0 Å². The van der Waals surface area contributed by atoms with Crippen molar-refractivity contribution in [2.75, 3.05) is 6.54 Å². The highest BCUT2D eigenvalue weighted by Gasteiger charge is 2.62. The molecule has 0 bridgehead atoms. The molecular weight excluding hydrogens is 596 g/mol. The quantitative estimate of drug-likeness (QED) is 0.161. The number of amides is 2. The lowest BCUT2D eigenvalue weighted by Gasteiger charge is -2.29. The van der Waals surface area contributed by atoms with E-state index >= 15 is 0 Å². The summed E-state index contributed by atoms with van der Waals surface area (Å²) in [5, 5.41) is 2.30. The number of aryl methyl sites for hydroxylation is 1. The van der Waals surface area contributed by atoms with Gasteiger partial charge in [-0.25, -0.2) is 4.39 Å². The Hall–Kier alpha value is -3.19. The molecule has 2 aliphatic heterocycles. The molecule has 214 valence electrons. The van der Waals surface area contributed by atoms with Crippen LogP contribution >= 0.6 is 23.2 Å². The molecule has 0 aliphatic carbocycles. The molecule has 2 aromatic carbocycles. The third-order valence-electron chi connectivity index (χ3n) is 6.60. The van der Waals surface area contributed by atoms with E-state index < -0.39 is 88.7 Å². The van der Waals surface area contributed by atoms with Gasteiger partial charge < -0.3 is 4.84 Å². The predicted molar refractivity (Wildman–Crippen MR) is 127 cm³/mol. The summed E-state index contributed by atoms with van der Waals surface area (Å²) in [7, 11) is 0. The number of likely N-dealkylation sites (tertiary alicyclic amines) is 1. The zero-order chi connectivity index (χ0) is 29.8. The number of alkyl halides is 6. The summed E-state index contributed by atoms with van der Waals surface area (Å²) in [6.07, 6.45) is -11.7. The van der Waals surface area contributed by atoms with Crippen LogP contribution in [0.3, 0.4) is 0 Å². The SMILES string of the molecule is Cc1cc(C2=NOC(c3cc(Cl)c(F)c(Cl)c3)(C(F)(F)F)C2)ccc1C(=O)C[C@@H]1CC(=O)N(CC(F)(F)F)C1=O. The fourth-order valence-corrected chi connectivity index (χ4v) is 5.08. The van der Waals surface area contributed by atoms with Crippen molar-refractivity contribution in [3.05, 3.63) is 68.4 Å². The molecule has 4 rings (SSSR count). The number of imide groups is 1. The second kappa shape index (κ2) is 10.3. The Morgan fingerprint density at radius 2 is 1.73 bits per heavy atom. The zero-order valence-corrected chi connectivity index (χ0v) is 21.7. The van der Waals surface area contributed by atoms with E-state index in [0.29, 0.717) is 0 Å². The van der Waals surface area contributed by atoms with Crippen molar-refractivity contribution in [2.24, 2.45) is 11.1 Å². The smallest absolute Gasteiger partial charge is 0.374 e. The van der Waals surface area contributed by atoms with Crippen molar-refractivity contribution in [2.45, 2.75) is 44.1 Å². The molecule has 2 amide bonds. The summed E-state index contributed by atoms with van der Waals surface area (Å²) in [5.41, 5.74) is -3.28. The van der Waals surface area contributed by atoms with Gasteiger partial charge in [-0.3, -0.25) is 19.3 Å². The van der Waals surface area contributed by atoms with Gasteiger partial charge in [0.2, 0.25) is 11.8 Å². The van der Waals surface area contributed by atoms with E-state index in [1.54, 1.807) is 0 Å². The van der Waals surface area contributed by atoms with Crippen molar-refractivity contribution < 1.29 is 50.0 Å². The van der Waals surface area contributed by atoms with Crippen molar-refractivity contribution in [3.63, 3.8) is 0 Å². The fourth-order valence-electron chi connectivity index (χ4n) is 4.59. The number of hydrogen-bond donors (Lipinski definition) is 0. The number of oxime groups is 1. The second-order valence-electron chi connectivity index (χ2n) is 9.38. The number of nitrogens with zero attached hydrogens (tertiary/aromatic N) is 2. The molecule has 2 atom stereocenters. The van der Waals surface area contributed by atoms with Crippen LogP contribution in [0.5, 0.6) is 0 Å². The second-order valence-corrected chi connectivity index (χ2v) is 10.2. The average molecular weight is 613 g/mol. The van der Waals surface area contributed by atoms with E-state index in [9.17, 15) is 45.1 Å². The first-order valence-corrected chi connectivity index (χ1v) is 12.2. The number of benzene rings is 2. The van der Waals surface area contributed by atoms with Crippen LogP contribution in [0.1, 0.15) is 46.3 Å². The Bertz CT molecular complexity index is 1420. The normalized spacial score (nSPS) is 21.6. The maximum absolute atomic E-state index is 14.2. The highest BCUT2D eigenvalue weighted by Crippen LogP contribution is 2.50. The van der Waals surface area contributed by atoms with Gasteiger partial charge in [0.1, 0.15) is 6.54 Å². The van der Waals surface area contributed by atoms with Gasteiger partial charge >= 0.3 is 12.4 Å². The number of rotatable bonds is 6. The maximum atomic E-state index is 14.2. The Balaban J connectivity index is 1.54. The largest absolute Gasteiger partial charge is 0.435 e. The number of carbonyl (C=O) groups excluding carboxylic acids is 3. The highest BCUT2D eigenvalue weighted by molar-refractivity contribution is 6.35. The van der Waals surface area contributed by atoms with E-state index in [-0.39, 0.29) is 27.3 Å².